The van der Waals surface area contributed by atoms with Crippen molar-refractivity contribution in [2.45, 2.75) is 117 Å². The van der Waals surface area contributed by atoms with Crippen molar-refractivity contribution in [3.05, 3.63) is 0 Å². The van der Waals surface area contributed by atoms with Gasteiger partial charge in [-0.1, -0.05) is 53.9 Å². The normalized spacial score (nSPS) is 50.7. The van der Waals surface area contributed by atoms with Crippen LogP contribution in [0, 0.1) is 52.3 Å². The first kappa shape index (κ1) is 22.1. The molecule has 4 aliphatic rings. The monoisotopic (exact) mass is 404 g/mol. The minimum Gasteiger partial charge on any atom is -0.393 e. The number of rotatable bonds is 5. The summed E-state index contributed by atoms with van der Waals surface area (Å²) in [5.41, 5.74) is 0.794. The summed E-state index contributed by atoms with van der Waals surface area (Å²) < 4.78 is 0. The molecule has 0 spiro atoms. The van der Waals surface area contributed by atoms with Crippen LogP contribution in [0.4, 0.5) is 0 Å². The molecule has 0 radical (unpaired) electrons. The maximum absolute atomic E-state index is 11.4. The highest BCUT2D eigenvalue weighted by atomic mass is 16.3. The average molecular weight is 405 g/mol. The molecule has 10 atom stereocenters. The Morgan fingerprint density at radius 1 is 0.828 bits per heavy atom. The molecule has 4 fully saturated rings. The van der Waals surface area contributed by atoms with Crippen molar-refractivity contribution in [3.63, 3.8) is 0 Å². The third-order valence-corrected chi connectivity index (χ3v) is 10.9. The predicted molar refractivity (Wildman–Crippen MR) is 120 cm³/mol. The van der Waals surface area contributed by atoms with Gasteiger partial charge in [-0.25, -0.2) is 0 Å². The van der Waals surface area contributed by atoms with Crippen LogP contribution >= 0.6 is 0 Å². The Hall–Kier alpha value is -0.0800. The van der Waals surface area contributed by atoms with Gasteiger partial charge in [0.1, 0.15) is 0 Å². The largest absolute Gasteiger partial charge is 0.393 e. The first-order valence-electron chi connectivity index (χ1n) is 13.0. The van der Waals surface area contributed by atoms with Crippen molar-refractivity contribution in [1.29, 1.82) is 0 Å². The molecule has 29 heavy (non-hydrogen) atoms. The Balaban J connectivity index is 1.50. The van der Waals surface area contributed by atoms with Crippen molar-refractivity contribution in [2.75, 3.05) is 0 Å². The summed E-state index contributed by atoms with van der Waals surface area (Å²) in [4.78, 5) is 0. The van der Waals surface area contributed by atoms with Gasteiger partial charge in [-0.2, -0.15) is 0 Å². The van der Waals surface area contributed by atoms with Crippen LogP contribution in [-0.2, 0) is 0 Å². The topological polar surface area (TPSA) is 40.5 Å². The fourth-order valence-electron chi connectivity index (χ4n) is 9.22. The second-order valence-electron chi connectivity index (χ2n) is 12.8. The fourth-order valence-corrected chi connectivity index (χ4v) is 9.22. The summed E-state index contributed by atoms with van der Waals surface area (Å²) in [6, 6.07) is 0. The van der Waals surface area contributed by atoms with E-state index in [1.54, 1.807) is 0 Å². The van der Waals surface area contributed by atoms with E-state index in [4.69, 9.17) is 0 Å². The number of hydrogen-bond acceptors (Lipinski definition) is 2. The molecule has 4 rings (SSSR count). The van der Waals surface area contributed by atoms with Crippen LogP contribution in [-0.4, -0.2) is 22.4 Å². The maximum Gasteiger partial charge on any atom is 0.0577 e. The fraction of sp³-hybridized carbons (Fsp3) is 1.00. The molecule has 2 N–H and O–H groups in total. The zero-order valence-electron chi connectivity index (χ0n) is 19.9. The summed E-state index contributed by atoms with van der Waals surface area (Å²) in [6.45, 7) is 12.4. The zero-order valence-corrected chi connectivity index (χ0v) is 19.9. The van der Waals surface area contributed by atoms with Crippen LogP contribution in [0.3, 0.4) is 0 Å². The van der Waals surface area contributed by atoms with Crippen LogP contribution in [0.5, 0.6) is 0 Å². The minimum atomic E-state index is -0.136. The van der Waals surface area contributed by atoms with Crippen molar-refractivity contribution in [2.24, 2.45) is 52.3 Å². The van der Waals surface area contributed by atoms with Crippen LogP contribution in [0.1, 0.15) is 105 Å². The van der Waals surface area contributed by atoms with Gasteiger partial charge in [-0.15, -0.1) is 0 Å². The molecule has 0 aliphatic heterocycles. The third kappa shape index (κ3) is 3.73. The molecular formula is C27H48O2. The highest BCUT2D eigenvalue weighted by Crippen LogP contribution is 2.68. The maximum atomic E-state index is 11.4. The Bertz CT molecular complexity index is 573. The van der Waals surface area contributed by atoms with Crippen molar-refractivity contribution >= 4 is 0 Å². The third-order valence-electron chi connectivity index (χ3n) is 10.9. The highest BCUT2D eigenvalue weighted by Gasteiger charge is 2.62. The van der Waals surface area contributed by atoms with E-state index < -0.39 is 0 Å². The lowest BCUT2D eigenvalue weighted by atomic mass is 9.43. The lowest BCUT2D eigenvalue weighted by Gasteiger charge is -2.62. The first-order chi connectivity index (χ1) is 13.7. The summed E-state index contributed by atoms with van der Waals surface area (Å²) in [5.74, 6) is 4.94. The van der Waals surface area contributed by atoms with Gasteiger partial charge < -0.3 is 10.2 Å². The Kier molecular flexibility index (Phi) is 6.19. The molecule has 1 unspecified atom stereocenters. The van der Waals surface area contributed by atoms with E-state index in [-0.39, 0.29) is 12.2 Å². The SMILES string of the molecule is CC(C)CCC[C@@H](C)[C@H]1CC[C@H]2[C@@H]3[C@@H](O)CC4C[C@@H](O)CC[C@]4(C)[C@H]3CC[C@]12C. The molecule has 0 saturated heterocycles. The van der Waals surface area contributed by atoms with E-state index >= 15 is 0 Å². The highest BCUT2D eigenvalue weighted by molar-refractivity contribution is 5.11. The van der Waals surface area contributed by atoms with E-state index in [0.717, 1.165) is 42.9 Å². The molecule has 0 aromatic rings. The molecule has 2 nitrogen and oxygen atoms in total. The van der Waals surface area contributed by atoms with Gasteiger partial charge in [-0.05, 0) is 104 Å². The lowest BCUT2D eigenvalue weighted by molar-refractivity contribution is -0.174. The van der Waals surface area contributed by atoms with Crippen molar-refractivity contribution in [3.8, 4) is 0 Å². The number of hydrogen-bond donors (Lipinski definition) is 2. The summed E-state index contributed by atoms with van der Waals surface area (Å²) in [5, 5.41) is 21.6. The van der Waals surface area contributed by atoms with Gasteiger partial charge in [0.15, 0.2) is 0 Å². The minimum absolute atomic E-state index is 0.131. The quantitative estimate of drug-likeness (QED) is 0.553. The average Bonchev–Trinajstić information content (AvgIpc) is 3.00. The van der Waals surface area contributed by atoms with Crippen LogP contribution in [0.15, 0.2) is 0 Å². The Morgan fingerprint density at radius 2 is 1.52 bits per heavy atom. The molecule has 0 bridgehead atoms. The molecule has 0 amide bonds. The van der Waals surface area contributed by atoms with Crippen LogP contribution < -0.4 is 0 Å². The van der Waals surface area contributed by atoms with E-state index in [1.807, 2.05) is 0 Å². The van der Waals surface area contributed by atoms with Gasteiger partial charge in [0.2, 0.25) is 0 Å². The smallest absolute Gasteiger partial charge is 0.0577 e. The molecule has 0 heterocycles. The molecule has 0 aromatic heterocycles. The first-order valence-corrected chi connectivity index (χ1v) is 13.0. The molecule has 2 heteroatoms. The van der Waals surface area contributed by atoms with Gasteiger partial charge >= 0.3 is 0 Å². The lowest BCUT2D eigenvalue weighted by Crippen LogP contribution is -2.58. The van der Waals surface area contributed by atoms with Crippen molar-refractivity contribution < 1.29 is 10.2 Å². The number of aliphatic hydroxyl groups is 2. The van der Waals surface area contributed by atoms with Crippen molar-refractivity contribution in [1.82, 2.24) is 0 Å². The number of aliphatic hydroxyl groups excluding tert-OH is 2. The molecule has 4 saturated carbocycles. The van der Waals surface area contributed by atoms with Crippen LogP contribution in [0.25, 0.3) is 0 Å². The van der Waals surface area contributed by atoms with E-state index in [9.17, 15) is 10.2 Å². The second-order valence-corrected chi connectivity index (χ2v) is 12.8. The van der Waals surface area contributed by atoms with Gasteiger partial charge in [-0.3, -0.25) is 0 Å². The molecular weight excluding hydrogens is 356 g/mol. The molecule has 168 valence electrons. The summed E-state index contributed by atoms with van der Waals surface area (Å²) in [6.07, 6.45) is 13.3. The van der Waals surface area contributed by atoms with Gasteiger partial charge in [0, 0.05) is 0 Å². The van der Waals surface area contributed by atoms with Gasteiger partial charge in [0.05, 0.1) is 12.2 Å². The van der Waals surface area contributed by atoms with E-state index in [2.05, 4.69) is 34.6 Å². The zero-order chi connectivity index (χ0) is 21.0. The summed E-state index contributed by atoms with van der Waals surface area (Å²) >= 11 is 0. The van der Waals surface area contributed by atoms with Gasteiger partial charge in [0.25, 0.3) is 0 Å². The Labute approximate surface area is 180 Å². The number of fused-ring (bicyclic) bond motifs is 5. The van der Waals surface area contributed by atoms with Crippen LogP contribution in [0.2, 0.25) is 0 Å². The summed E-state index contributed by atoms with van der Waals surface area (Å²) in [7, 11) is 0. The second kappa shape index (κ2) is 8.12. The molecule has 4 aliphatic carbocycles. The predicted octanol–water partition coefficient (Wildman–Crippen LogP) is 6.44. The Morgan fingerprint density at radius 3 is 2.24 bits per heavy atom. The van der Waals surface area contributed by atoms with E-state index in [0.29, 0.717) is 28.6 Å². The molecule has 0 aromatic carbocycles. The standard InChI is InChI=1S/C27H48O2/c1-17(2)7-6-8-18(3)21-9-10-22-25-23(12-14-27(21,22)5)26(4)13-11-20(28)15-19(26)16-24(25)29/h17-25,28-29H,6-16H2,1-5H3/t18-,19?,20+,21-,22+,23+,24+,25+,26+,27-/m1/s1. The van der Waals surface area contributed by atoms with E-state index in [1.165, 1.54) is 51.4 Å².